The first-order chi connectivity index (χ1) is 10.1. The second kappa shape index (κ2) is 5.00. The van der Waals surface area contributed by atoms with E-state index in [1.165, 1.54) is 31.0 Å². The zero-order valence-corrected chi connectivity index (χ0v) is 11.6. The predicted octanol–water partition coefficient (Wildman–Crippen LogP) is 1.80. The van der Waals surface area contributed by atoms with E-state index < -0.39 is 4.92 Å². The minimum atomic E-state index is -0.524. The van der Waals surface area contributed by atoms with Crippen molar-refractivity contribution >= 4 is 17.3 Å². The van der Waals surface area contributed by atoms with E-state index in [1.807, 2.05) is 0 Å². The minimum absolute atomic E-state index is 0.123. The van der Waals surface area contributed by atoms with Crippen LogP contribution in [0.15, 0.2) is 18.2 Å². The SMILES string of the molecule is NNc1ccc([N+](=O)[O-])cc1C(=O)NCC1(C2CC2)CC1. The average Bonchev–Trinajstić information content (AvgIpc) is 3.36. The summed E-state index contributed by atoms with van der Waals surface area (Å²) in [6.45, 7) is 0.642. The molecule has 2 fully saturated rings. The van der Waals surface area contributed by atoms with Crippen molar-refractivity contribution in [2.45, 2.75) is 25.7 Å². The molecule has 2 aliphatic rings. The largest absolute Gasteiger partial charge is 0.351 e. The van der Waals surface area contributed by atoms with Gasteiger partial charge >= 0.3 is 0 Å². The Morgan fingerprint density at radius 1 is 1.43 bits per heavy atom. The number of nitrogens with one attached hydrogen (secondary N) is 2. The first kappa shape index (κ1) is 13.8. The normalized spacial score (nSPS) is 18.9. The number of non-ortho nitro benzene ring substituents is 1. The fourth-order valence-electron chi connectivity index (χ4n) is 2.90. The van der Waals surface area contributed by atoms with Gasteiger partial charge < -0.3 is 10.7 Å². The maximum Gasteiger partial charge on any atom is 0.270 e. The highest BCUT2D eigenvalue weighted by molar-refractivity contribution is 6.00. The van der Waals surface area contributed by atoms with E-state index in [2.05, 4.69) is 10.7 Å². The Balaban J connectivity index is 1.73. The summed E-state index contributed by atoms with van der Waals surface area (Å²) in [4.78, 5) is 22.6. The Hall–Kier alpha value is -2.15. The molecule has 0 unspecified atom stereocenters. The highest BCUT2D eigenvalue weighted by atomic mass is 16.6. The van der Waals surface area contributed by atoms with E-state index in [1.54, 1.807) is 0 Å². The summed E-state index contributed by atoms with van der Waals surface area (Å²) in [5.41, 5.74) is 3.16. The van der Waals surface area contributed by atoms with Gasteiger partial charge in [0.05, 0.1) is 16.2 Å². The molecule has 0 aliphatic heterocycles. The zero-order valence-electron chi connectivity index (χ0n) is 11.6. The molecule has 1 amide bonds. The molecule has 1 aromatic carbocycles. The Bertz CT molecular complexity index is 594. The molecule has 1 aromatic rings. The highest BCUT2D eigenvalue weighted by Crippen LogP contribution is 2.60. The molecular formula is C14H18N4O3. The topological polar surface area (TPSA) is 110 Å². The number of carbonyl (C=O) groups is 1. The van der Waals surface area contributed by atoms with E-state index in [0.717, 1.165) is 18.8 Å². The van der Waals surface area contributed by atoms with Gasteiger partial charge in [-0.2, -0.15) is 0 Å². The van der Waals surface area contributed by atoms with Crippen LogP contribution in [0.4, 0.5) is 11.4 Å². The van der Waals surface area contributed by atoms with Crippen LogP contribution in [0.2, 0.25) is 0 Å². The van der Waals surface area contributed by atoms with E-state index in [4.69, 9.17) is 5.84 Å². The van der Waals surface area contributed by atoms with Gasteiger partial charge in [-0.3, -0.25) is 20.8 Å². The standard InChI is InChI=1S/C14H18N4O3/c15-17-12-4-3-10(18(20)21)7-11(12)13(19)16-8-14(5-6-14)9-1-2-9/h3-4,7,9,17H,1-2,5-6,8,15H2,(H,16,19). The molecule has 2 saturated carbocycles. The van der Waals surface area contributed by atoms with Crippen molar-refractivity contribution < 1.29 is 9.72 Å². The molecule has 0 bridgehead atoms. The molecule has 2 aliphatic carbocycles. The van der Waals surface area contributed by atoms with E-state index >= 15 is 0 Å². The van der Waals surface area contributed by atoms with Gasteiger partial charge in [-0.25, -0.2) is 0 Å². The van der Waals surface area contributed by atoms with Gasteiger partial charge in [0.1, 0.15) is 0 Å². The van der Waals surface area contributed by atoms with Gasteiger partial charge in [0.25, 0.3) is 11.6 Å². The molecule has 7 nitrogen and oxygen atoms in total. The smallest absolute Gasteiger partial charge is 0.270 e. The molecule has 4 N–H and O–H groups in total. The summed E-state index contributed by atoms with van der Waals surface area (Å²) in [6.07, 6.45) is 4.83. The summed E-state index contributed by atoms with van der Waals surface area (Å²) in [7, 11) is 0. The number of anilines is 1. The third-order valence-electron chi connectivity index (χ3n) is 4.55. The van der Waals surface area contributed by atoms with E-state index in [9.17, 15) is 14.9 Å². The number of hydrogen-bond acceptors (Lipinski definition) is 5. The molecule has 0 spiro atoms. The van der Waals surface area contributed by atoms with Crippen LogP contribution < -0.4 is 16.6 Å². The molecule has 21 heavy (non-hydrogen) atoms. The summed E-state index contributed by atoms with van der Waals surface area (Å²) in [6, 6.07) is 4.01. The lowest BCUT2D eigenvalue weighted by Gasteiger charge is -2.16. The van der Waals surface area contributed by atoms with Gasteiger partial charge in [-0.1, -0.05) is 0 Å². The number of carbonyl (C=O) groups excluding carboxylic acids is 1. The Kier molecular flexibility index (Phi) is 3.29. The van der Waals surface area contributed by atoms with Gasteiger partial charge in [0.2, 0.25) is 0 Å². The van der Waals surface area contributed by atoms with Crippen LogP contribution in [0, 0.1) is 21.4 Å². The van der Waals surface area contributed by atoms with Crippen molar-refractivity contribution in [1.29, 1.82) is 0 Å². The molecule has 0 saturated heterocycles. The third kappa shape index (κ3) is 2.69. The van der Waals surface area contributed by atoms with Gasteiger partial charge in [-0.05, 0) is 43.1 Å². The molecule has 112 valence electrons. The van der Waals surface area contributed by atoms with Gasteiger partial charge in [0, 0.05) is 18.7 Å². The molecule has 0 aromatic heterocycles. The number of benzene rings is 1. The van der Waals surface area contributed by atoms with Gasteiger partial charge in [0.15, 0.2) is 0 Å². The van der Waals surface area contributed by atoms with Crippen molar-refractivity contribution in [3.8, 4) is 0 Å². The molecule has 3 rings (SSSR count). The second-order valence-electron chi connectivity index (χ2n) is 5.95. The number of hydrogen-bond donors (Lipinski definition) is 3. The van der Waals surface area contributed by atoms with E-state index in [-0.39, 0.29) is 22.6 Å². The third-order valence-corrected chi connectivity index (χ3v) is 4.55. The molecule has 0 atom stereocenters. The maximum absolute atomic E-state index is 12.3. The quantitative estimate of drug-likeness (QED) is 0.420. The summed E-state index contributed by atoms with van der Waals surface area (Å²) in [5, 5.41) is 13.7. The molecule has 0 heterocycles. The van der Waals surface area contributed by atoms with Crippen molar-refractivity contribution in [1.82, 2.24) is 5.32 Å². The molecule has 7 heteroatoms. The van der Waals surface area contributed by atoms with Crippen molar-refractivity contribution in [2.75, 3.05) is 12.0 Å². The summed E-state index contributed by atoms with van der Waals surface area (Å²) in [5.74, 6) is 5.79. The number of rotatable bonds is 6. The van der Waals surface area contributed by atoms with Crippen LogP contribution >= 0.6 is 0 Å². The van der Waals surface area contributed by atoms with Crippen LogP contribution in [0.3, 0.4) is 0 Å². The summed E-state index contributed by atoms with van der Waals surface area (Å²) < 4.78 is 0. The van der Waals surface area contributed by atoms with Crippen LogP contribution in [-0.2, 0) is 0 Å². The second-order valence-corrected chi connectivity index (χ2v) is 5.95. The van der Waals surface area contributed by atoms with Crippen LogP contribution in [-0.4, -0.2) is 17.4 Å². The summed E-state index contributed by atoms with van der Waals surface area (Å²) >= 11 is 0. The Morgan fingerprint density at radius 3 is 2.67 bits per heavy atom. The minimum Gasteiger partial charge on any atom is -0.351 e. The monoisotopic (exact) mass is 290 g/mol. The van der Waals surface area contributed by atoms with Crippen molar-refractivity contribution in [2.24, 2.45) is 17.2 Å². The first-order valence-corrected chi connectivity index (χ1v) is 7.09. The first-order valence-electron chi connectivity index (χ1n) is 7.09. The number of nitrogens with zero attached hydrogens (tertiary/aromatic N) is 1. The fraction of sp³-hybridized carbons (Fsp3) is 0.500. The van der Waals surface area contributed by atoms with Gasteiger partial charge in [-0.15, -0.1) is 0 Å². The zero-order chi connectivity index (χ0) is 15.0. The van der Waals surface area contributed by atoms with Crippen LogP contribution in [0.1, 0.15) is 36.0 Å². The van der Waals surface area contributed by atoms with Crippen LogP contribution in [0.5, 0.6) is 0 Å². The fourth-order valence-corrected chi connectivity index (χ4v) is 2.90. The lowest BCUT2D eigenvalue weighted by Crippen LogP contribution is -2.32. The predicted molar refractivity (Wildman–Crippen MR) is 77.6 cm³/mol. The molecule has 0 radical (unpaired) electrons. The van der Waals surface area contributed by atoms with Crippen molar-refractivity contribution in [3.05, 3.63) is 33.9 Å². The van der Waals surface area contributed by atoms with Crippen LogP contribution in [0.25, 0.3) is 0 Å². The lowest BCUT2D eigenvalue weighted by molar-refractivity contribution is -0.384. The lowest BCUT2D eigenvalue weighted by atomic mass is 10.0. The number of nitrogens with two attached hydrogens (primary N) is 1. The number of nitrogen functional groups attached to an aromatic ring is 1. The number of hydrazine groups is 1. The van der Waals surface area contributed by atoms with E-state index in [0.29, 0.717) is 12.2 Å². The average molecular weight is 290 g/mol. The van der Waals surface area contributed by atoms with Crippen molar-refractivity contribution in [3.63, 3.8) is 0 Å². The Labute approximate surface area is 122 Å². The maximum atomic E-state index is 12.3. The number of nitro benzene ring substituents is 1. The Morgan fingerprint density at radius 2 is 2.14 bits per heavy atom. The highest BCUT2D eigenvalue weighted by Gasteiger charge is 2.53. The number of amides is 1. The number of nitro groups is 1. The molecular weight excluding hydrogens is 272 g/mol.